The van der Waals surface area contributed by atoms with Crippen molar-refractivity contribution in [2.24, 2.45) is 0 Å². The Kier molecular flexibility index (Phi) is 6.48. The molecule has 0 unspecified atom stereocenters. The number of Topliss-reactive ketones (excluding diaryl/α,β-unsaturated/α-hetero) is 1. The summed E-state index contributed by atoms with van der Waals surface area (Å²) in [4.78, 5) is 27.3. The number of phenolic OH excluding ortho intramolecular Hbond substituents is 1. The Morgan fingerprint density at radius 1 is 1.15 bits per heavy atom. The Morgan fingerprint density at radius 2 is 1.88 bits per heavy atom. The number of phenols is 1. The van der Waals surface area contributed by atoms with Gasteiger partial charge in [-0.25, -0.2) is 0 Å². The number of carbonyl (C=O) groups is 2. The smallest absolute Gasteiger partial charge is 0.295 e. The molecule has 33 heavy (non-hydrogen) atoms. The zero-order chi connectivity index (χ0) is 23.7. The van der Waals surface area contributed by atoms with Crippen molar-refractivity contribution in [3.05, 3.63) is 51.5 Å². The van der Waals surface area contributed by atoms with Crippen molar-refractivity contribution >= 4 is 33.4 Å². The van der Waals surface area contributed by atoms with Gasteiger partial charge in [0, 0.05) is 19.2 Å². The standard InChI is InChI=1S/C23H22BrNO8/c1-30-6-5-25-19(13-9-14(24)21(27)17(11-13)31-2)18(22(28)23(25)29)20(26)12-3-4-15-16(10-12)33-8-7-32-15/h3-4,9-11,19,26-27H,5-8H2,1-2H3/t19-/m0/s1. The predicted molar refractivity (Wildman–Crippen MR) is 121 cm³/mol. The van der Waals surface area contributed by atoms with Crippen molar-refractivity contribution in [3.8, 4) is 23.0 Å². The van der Waals surface area contributed by atoms with Crippen LogP contribution in [0.4, 0.5) is 0 Å². The van der Waals surface area contributed by atoms with Crippen molar-refractivity contribution in [3.63, 3.8) is 0 Å². The number of aromatic hydroxyl groups is 1. The average molecular weight is 520 g/mol. The highest BCUT2D eigenvalue weighted by molar-refractivity contribution is 9.10. The third kappa shape index (κ3) is 4.11. The van der Waals surface area contributed by atoms with E-state index in [0.29, 0.717) is 40.3 Å². The number of aliphatic hydroxyl groups is 1. The van der Waals surface area contributed by atoms with Gasteiger partial charge in [0.1, 0.15) is 19.0 Å². The molecule has 9 nitrogen and oxygen atoms in total. The fourth-order valence-electron chi connectivity index (χ4n) is 3.90. The molecule has 174 valence electrons. The molecule has 1 amide bonds. The average Bonchev–Trinajstić information content (AvgIpc) is 3.08. The molecule has 1 atom stereocenters. The highest BCUT2D eigenvalue weighted by atomic mass is 79.9. The van der Waals surface area contributed by atoms with E-state index in [0.717, 1.165) is 0 Å². The summed E-state index contributed by atoms with van der Waals surface area (Å²) in [6, 6.07) is 6.96. The Morgan fingerprint density at radius 3 is 2.58 bits per heavy atom. The van der Waals surface area contributed by atoms with Gasteiger partial charge in [0.25, 0.3) is 11.7 Å². The number of nitrogens with zero attached hydrogens (tertiary/aromatic N) is 1. The fourth-order valence-corrected chi connectivity index (χ4v) is 4.36. The molecule has 2 aromatic carbocycles. The van der Waals surface area contributed by atoms with E-state index in [2.05, 4.69) is 15.9 Å². The zero-order valence-corrected chi connectivity index (χ0v) is 19.5. The summed E-state index contributed by atoms with van der Waals surface area (Å²) < 4.78 is 21.8. The quantitative estimate of drug-likeness (QED) is 0.340. The third-order valence-corrected chi connectivity index (χ3v) is 6.08. The van der Waals surface area contributed by atoms with Gasteiger partial charge in [-0.1, -0.05) is 0 Å². The van der Waals surface area contributed by atoms with Crippen LogP contribution in [-0.4, -0.2) is 67.4 Å². The molecule has 2 aliphatic rings. The van der Waals surface area contributed by atoms with Gasteiger partial charge in [-0.15, -0.1) is 0 Å². The van der Waals surface area contributed by atoms with Crippen LogP contribution < -0.4 is 14.2 Å². The molecule has 0 spiro atoms. The molecule has 2 heterocycles. The molecule has 2 aliphatic heterocycles. The zero-order valence-electron chi connectivity index (χ0n) is 18.0. The second-order valence-corrected chi connectivity index (χ2v) is 8.25. The van der Waals surface area contributed by atoms with Gasteiger partial charge in [0.2, 0.25) is 0 Å². The van der Waals surface area contributed by atoms with E-state index in [1.807, 2.05) is 0 Å². The highest BCUT2D eigenvalue weighted by Crippen LogP contribution is 2.44. The van der Waals surface area contributed by atoms with E-state index in [1.54, 1.807) is 24.3 Å². The lowest BCUT2D eigenvalue weighted by Crippen LogP contribution is -2.32. The SMILES string of the molecule is COCCN1C(=O)C(=O)C(=C(O)c2ccc3c(c2)OCCO3)[C@@H]1c1cc(Br)c(O)c(OC)c1. The summed E-state index contributed by atoms with van der Waals surface area (Å²) >= 11 is 3.28. The van der Waals surface area contributed by atoms with E-state index in [1.165, 1.54) is 25.2 Å². The van der Waals surface area contributed by atoms with Crippen LogP contribution in [0.15, 0.2) is 40.4 Å². The van der Waals surface area contributed by atoms with Crippen LogP contribution in [0.1, 0.15) is 17.2 Å². The number of ether oxygens (including phenoxy) is 4. The number of ketones is 1. The largest absolute Gasteiger partial charge is 0.507 e. The molecule has 10 heteroatoms. The van der Waals surface area contributed by atoms with Crippen molar-refractivity contribution in [2.45, 2.75) is 6.04 Å². The number of rotatable bonds is 6. The molecule has 0 radical (unpaired) electrons. The summed E-state index contributed by atoms with van der Waals surface area (Å²) in [5.74, 6) is -0.950. The van der Waals surface area contributed by atoms with Crippen molar-refractivity contribution in [1.29, 1.82) is 0 Å². The molecular weight excluding hydrogens is 498 g/mol. The molecule has 0 aromatic heterocycles. The number of fused-ring (bicyclic) bond motifs is 1. The second-order valence-electron chi connectivity index (χ2n) is 7.40. The van der Waals surface area contributed by atoms with Crippen LogP contribution in [0.2, 0.25) is 0 Å². The topological polar surface area (TPSA) is 115 Å². The van der Waals surface area contributed by atoms with Crippen molar-refractivity contribution in [1.82, 2.24) is 4.90 Å². The first-order valence-corrected chi connectivity index (χ1v) is 10.9. The Labute approximate surface area is 198 Å². The monoisotopic (exact) mass is 519 g/mol. The van der Waals surface area contributed by atoms with Gasteiger partial charge in [-0.2, -0.15) is 0 Å². The summed E-state index contributed by atoms with van der Waals surface area (Å²) in [7, 11) is 2.88. The molecule has 2 aromatic rings. The maximum absolute atomic E-state index is 13.1. The maximum atomic E-state index is 13.1. The highest BCUT2D eigenvalue weighted by Gasteiger charge is 2.46. The molecule has 0 saturated carbocycles. The summed E-state index contributed by atoms with van der Waals surface area (Å²) in [5.41, 5.74) is 0.678. The minimum atomic E-state index is -0.931. The molecule has 1 fully saturated rings. The van der Waals surface area contributed by atoms with Gasteiger partial charge >= 0.3 is 0 Å². The molecule has 0 aliphatic carbocycles. The third-order valence-electron chi connectivity index (χ3n) is 5.48. The number of amides is 1. The molecule has 2 N–H and O–H groups in total. The Balaban J connectivity index is 1.88. The van der Waals surface area contributed by atoms with Gasteiger partial charge in [-0.05, 0) is 51.8 Å². The number of hydrogen-bond donors (Lipinski definition) is 2. The first-order valence-electron chi connectivity index (χ1n) is 10.1. The number of methoxy groups -OCH3 is 2. The van der Waals surface area contributed by atoms with Crippen LogP contribution in [0.5, 0.6) is 23.0 Å². The van der Waals surface area contributed by atoms with Gasteiger partial charge in [0.05, 0.1) is 29.8 Å². The normalized spacial score (nSPS) is 19.1. The second kappa shape index (κ2) is 9.32. The number of hydrogen-bond acceptors (Lipinski definition) is 8. The molecule has 4 rings (SSSR count). The lowest BCUT2D eigenvalue weighted by atomic mass is 9.95. The number of aliphatic hydroxyl groups excluding tert-OH is 1. The summed E-state index contributed by atoms with van der Waals surface area (Å²) in [6.07, 6.45) is 0. The Bertz CT molecular complexity index is 1150. The predicted octanol–water partition coefficient (Wildman–Crippen LogP) is 3.00. The molecular formula is C23H22BrNO8. The van der Waals surface area contributed by atoms with Crippen LogP contribution in [0.3, 0.4) is 0 Å². The van der Waals surface area contributed by atoms with E-state index in [9.17, 15) is 19.8 Å². The molecule has 1 saturated heterocycles. The van der Waals surface area contributed by atoms with Crippen LogP contribution in [-0.2, 0) is 14.3 Å². The lowest BCUT2D eigenvalue weighted by molar-refractivity contribution is -0.140. The van der Waals surface area contributed by atoms with Gasteiger partial charge < -0.3 is 34.1 Å². The van der Waals surface area contributed by atoms with E-state index < -0.39 is 17.7 Å². The number of benzene rings is 2. The van der Waals surface area contributed by atoms with E-state index in [4.69, 9.17) is 18.9 Å². The summed E-state index contributed by atoms with van der Waals surface area (Å²) in [5, 5.41) is 21.4. The first-order chi connectivity index (χ1) is 15.9. The van der Waals surface area contributed by atoms with Crippen LogP contribution in [0, 0.1) is 0 Å². The van der Waals surface area contributed by atoms with Crippen molar-refractivity contribution < 1.29 is 38.7 Å². The molecule has 0 bridgehead atoms. The summed E-state index contributed by atoms with van der Waals surface area (Å²) in [6.45, 7) is 1.08. The van der Waals surface area contributed by atoms with Crippen molar-refractivity contribution in [2.75, 3.05) is 40.6 Å². The fraction of sp³-hybridized carbons (Fsp3) is 0.304. The van der Waals surface area contributed by atoms with Gasteiger partial charge in [0.15, 0.2) is 23.0 Å². The number of carbonyl (C=O) groups excluding carboxylic acids is 2. The Hall–Kier alpha value is -3.24. The maximum Gasteiger partial charge on any atom is 0.295 e. The van der Waals surface area contributed by atoms with E-state index >= 15 is 0 Å². The number of halogens is 1. The number of likely N-dealkylation sites (tertiary alicyclic amines) is 1. The minimum Gasteiger partial charge on any atom is -0.507 e. The first kappa shape index (κ1) is 22.9. The van der Waals surface area contributed by atoms with Gasteiger partial charge in [-0.3, -0.25) is 9.59 Å². The van der Waals surface area contributed by atoms with Crippen LogP contribution >= 0.6 is 15.9 Å². The lowest BCUT2D eigenvalue weighted by Gasteiger charge is -2.26. The minimum absolute atomic E-state index is 0.0903. The van der Waals surface area contributed by atoms with E-state index in [-0.39, 0.29) is 36.0 Å². The van der Waals surface area contributed by atoms with Crippen LogP contribution in [0.25, 0.3) is 5.76 Å².